The summed E-state index contributed by atoms with van der Waals surface area (Å²) in [4.78, 5) is 19.9. The van der Waals surface area contributed by atoms with Gasteiger partial charge < -0.3 is 10.2 Å². The molecule has 146 valence electrons. The molecule has 0 radical (unpaired) electrons. The first-order valence-corrected chi connectivity index (χ1v) is 10.5. The van der Waals surface area contributed by atoms with E-state index >= 15 is 0 Å². The highest BCUT2D eigenvalue weighted by molar-refractivity contribution is 7.18. The topological polar surface area (TPSA) is 69.3 Å². The van der Waals surface area contributed by atoms with E-state index in [2.05, 4.69) is 39.3 Å². The van der Waals surface area contributed by atoms with E-state index in [9.17, 15) is 4.79 Å². The van der Waals surface area contributed by atoms with Crippen molar-refractivity contribution in [1.82, 2.24) is 26.1 Å². The van der Waals surface area contributed by atoms with Gasteiger partial charge in [-0.25, -0.2) is 10.4 Å². The second kappa shape index (κ2) is 8.01. The molecule has 0 aliphatic carbocycles. The van der Waals surface area contributed by atoms with Crippen molar-refractivity contribution in [3.8, 4) is 0 Å². The van der Waals surface area contributed by atoms with Crippen molar-refractivity contribution < 1.29 is 4.79 Å². The summed E-state index contributed by atoms with van der Waals surface area (Å²) in [5.41, 5.74) is 7.70. The van der Waals surface area contributed by atoms with Crippen molar-refractivity contribution in [2.45, 2.75) is 37.3 Å². The number of thiazole rings is 1. The van der Waals surface area contributed by atoms with Crippen LogP contribution in [0.25, 0.3) is 10.2 Å². The van der Waals surface area contributed by atoms with Crippen LogP contribution in [0.4, 0.5) is 0 Å². The van der Waals surface area contributed by atoms with Gasteiger partial charge in [0.2, 0.25) is 5.91 Å². The van der Waals surface area contributed by atoms with Crippen LogP contribution >= 0.6 is 23.7 Å². The van der Waals surface area contributed by atoms with E-state index in [4.69, 9.17) is 4.98 Å². The number of hydrazine groups is 1. The quantitative estimate of drug-likeness (QED) is 0.709. The zero-order valence-electron chi connectivity index (χ0n) is 15.2. The average Bonchev–Trinajstić information content (AvgIpc) is 3.32. The second-order valence-corrected chi connectivity index (χ2v) is 8.71. The number of para-hydroxylation sites is 1. The highest BCUT2D eigenvalue weighted by Gasteiger charge is 2.43. The van der Waals surface area contributed by atoms with Crippen molar-refractivity contribution >= 4 is 39.9 Å². The smallest absolute Gasteiger partial charge is 0.241 e. The molecular weight excluding hydrogens is 382 g/mol. The summed E-state index contributed by atoms with van der Waals surface area (Å²) >= 11 is 1.81. The van der Waals surface area contributed by atoms with Crippen LogP contribution < -0.4 is 16.2 Å². The van der Waals surface area contributed by atoms with Crippen molar-refractivity contribution in [1.29, 1.82) is 0 Å². The Morgan fingerprint density at radius 3 is 2.78 bits per heavy atom. The van der Waals surface area contributed by atoms with Crippen LogP contribution in [0.1, 0.15) is 30.2 Å². The molecule has 8 heteroatoms. The van der Waals surface area contributed by atoms with Gasteiger partial charge in [0, 0.05) is 37.5 Å². The number of hydrogen-bond donors (Lipinski definition) is 3. The van der Waals surface area contributed by atoms with Gasteiger partial charge in [0.15, 0.2) is 0 Å². The molecule has 3 unspecified atom stereocenters. The first kappa shape index (κ1) is 19.1. The standard InChI is InChI=1S/C19H25N5OS.ClH/c25-19(17-13-11-20-8-5-14(13)22-23-17)24-9-6-12(7-10-24)18-21-15-3-1-2-4-16(15)26-18;/h1-4,12-14,17,20,22-23H,5-11H2;1H. The summed E-state index contributed by atoms with van der Waals surface area (Å²) in [6.07, 6.45) is 3.11. The molecule has 3 fully saturated rings. The average molecular weight is 408 g/mol. The van der Waals surface area contributed by atoms with E-state index in [-0.39, 0.29) is 24.4 Å². The van der Waals surface area contributed by atoms with E-state index in [0.717, 1.165) is 51.0 Å². The van der Waals surface area contributed by atoms with Crippen molar-refractivity contribution in [2.24, 2.45) is 5.92 Å². The molecule has 2 aromatic rings. The van der Waals surface area contributed by atoms with Crippen molar-refractivity contribution in [2.75, 3.05) is 26.2 Å². The summed E-state index contributed by atoms with van der Waals surface area (Å²) in [7, 11) is 0. The monoisotopic (exact) mass is 407 g/mol. The number of halogens is 1. The minimum Gasteiger partial charge on any atom is -0.341 e. The Morgan fingerprint density at radius 1 is 1.15 bits per heavy atom. The Bertz CT molecular complexity index is 773. The van der Waals surface area contributed by atoms with Crippen molar-refractivity contribution in [3.05, 3.63) is 29.3 Å². The number of carbonyl (C=O) groups is 1. The van der Waals surface area contributed by atoms with Crippen LogP contribution in [0.5, 0.6) is 0 Å². The molecule has 0 bridgehead atoms. The lowest BCUT2D eigenvalue weighted by Crippen LogP contribution is -2.52. The number of nitrogens with one attached hydrogen (secondary N) is 3. The minimum atomic E-state index is -0.0909. The summed E-state index contributed by atoms with van der Waals surface area (Å²) < 4.78 is 1.26. The molecule has 0 saturated carbocycles. The Labute approximate surface area is 169 Å². The minimum absolute atomic E-state index is 0. The summed E-state index contributed by atoms with van der Waals surface area (Å²) in [5.74, 6) is 1.10. The van der Waals surface area contributed by atoms with Crippen LogP contribution in [-0.2, 0) is 4.79 Å². The Balaban J connectivity index is 0.00000180. The lowest BCUT2D eigenvalue weighted by molar-refractivity contribution is -0.135. The van der Waals surface area contributed by atoms with Gasteiger partial charge in [0.05, 0.1) is 15.2 Å². The highest BCUT2D eigenvalue weighted by Crippen LogP contribution is 2.34. The van der Waals surface area contributed by atoms with Crippen LogP contribution in [0.2, 0.25) is 0 Å². The second-order valence-electron chi connectivity index (χ2n) is 7.65. The summed E-state index contributed by atoms with van der Waals surface area (Å²) in [5, 5.41) is 4.66. The van der Waals surface area contributed by atoms with E-state index < -0.39 is 0 Å². The fourth-order valence-corrected chi connectivity index (χ4v) is 5.71. The van der Waals surface area contributed by atoms with Gasteiger partial charge in [-0.3, -0.25) is 10.2 Å². The summed E-state index contributed by atoms with van der Waals surface area (Å²) in [6.45, 7) is 3.62. The predicted octanol–water partition coefficient (Wildman–Crippen LogP) is 1.88. The van der Waals surface area contributed by atoms with Crippen LogP contribution in [0, 0.1) is 5.92 Å². The van der Waals surface area contributed by atoms with E-state index in [0.29, 0.717) is 17.9 Å². The third-order valence-corrected chi connectivity index (χ3v) is 7.31. The molecule has 1 aromatic carbocycles. The Kier molecular flexibility index (Phi) is 5.66. The van der Waals surface area contributed by atoms with Gasteiger partial charge >= 0.3 is 0 Å². The van der Waals surface area contributed by atoms with Crippen LogP contribution in [-0.4, -0.2) is 54.1 Å². The molecule has 0 spiro atoms. The van der Waals surface area contributed by atoms with Crippen LogP contribution in [0.15, 0.2) is 24.3 Å². The fraction of sp³-hybridized carbons (Fsp3) is 0.579. The first-order valence-electron chi connectivity index (χ1n) is 9.65. The molecule has 1 amide bonds. The van der Waals surface area contributed by atoms with Gasteiger partial charge in [-0.2, -0.15) is 0 Å². The van der Waals surface area contributed by atoms with Gasteiger partial charge in [-0.15, -0.1) is 23.7 Å². The normalized spacial score (nSPS) is 28.7. The fourth-order valence-electron chi connectivity index (χ4n) is 4.57. The number of aromatic nitrogens is 1. The molecule has 6 nitrogen and oxygen atoms in total. The molecule has 3 aliphatic rings. The number of piperidine rings is 2. The van der Waals surface area contributed by atoms with E-state index in [1.807, 2.05) is 17.4 Å². The predicted molar refractivity (Wildman–Crippen MR) is 110 cm³/mol. The van der Waals surface area contributed by atoms with Crippen LogP contribution in [0.3, 0.4) is 0 Å². The molecule has 3 N–H and O–H groups in total. The SMILES string of the molecule is Cl.O=C(C1NNC2CCNCC21)N1CCC(c2nc3ccccc3s2)CC1. The number of likely N-dealkylation sites (tertiary alicyclic amines) is 1. The van der Waals surface area contributed by atoms with Crippen molar-refractivity contribution in [3.63, 3.8) is 0 Å². The molecule has 3 aliphatic heterocycles. The van der Waals surface area contributed by atoms with Gasteiger partial charge in [0.25, 0.3) is 0 Å². The zero-order valence-corrected chi connectivity index (χ0v) is 16.8. The Morgan fingerprint density at radius 2 is 1.96 bits per heavy atom. The van der Waals surface area contributed by atoms with Gasteiger partial charge in [-0.05, 0) is 37.9 Å². The van der Waals surface area contributed by atoms with Gasteiger partial charge in [0.1, 0.15) is 6.04 Å². The number of amides is 1. The highest BCUT2D eigenvalue weighted by atomic mass is 35.5. The number of nitrogens with zero attached hydrogens (tertiary/aromatic N) is 2. The number of carbonyl (C=O) groups excluding carboxylic acids is 1. The number of fused-ring (bicyclic) bond motifs is 2. The largest absolute Gasteiger partial charge is 0.341 e. The molecular formula is C19H26ClN5OS. The maximum Gasteiger partial charge on any atom is 0.241 e. The zero-order chi connectivity index (χ0) is 17.5. The molecule has 3 saturated heterocycles. The van der Waals surface area contributed by atoms with Gasteiger partial charge in [-0.1, -0.05) is 12.1 Å². The third-order valence-electron chi connectivity index (χ3n) is 6.11. The lowest BCUT2D eigenvalue weighted by atomic mass is 9.88. The maximum absolute atomic E-state index is 13.0. The molecule has 4 heterocycles. The maximum atomic E-state index is 13.0. The van der Waals surface area contributed by atoms with E-state index in [1.54, 1.807) is 0 Å². The van der Waals surface area contributed by atoms with E-state index in [1.165, 1.54) is 9.71 Å². The molecule has 3 atom stereocenters. The Hall–Kier alpha value is -1.25. The third kappa shape index (κ3) is 3.59. The molecule has 1 aromatic heterocycles. The number of rotatable bonds is 2. The first-order chi connectivity index (χ1) is 12.8. The lowest BCUT2D eigenvalue weighted by Gasteiger charge is -2.35. The summed E-state index contributed by atoms with van der Waals surface area (Å²) in [6, 6.07) is 8.67. The number of hydrogen-bond acceptors (Lipinski definition) is 6. The number of benzene rings is 1. The molecule has 27 heavy (non-hydrogen) atoms. The molecule has 5 rings (SSSR count).